The molecule has 2 aromatic heterocycles. The van der Waals surface area contributed by atoms with Crippen molar-refractivity contribution in [1.29, 1.82) is 0 Å². The minimum Gasteiger partial charge on any atom is -0.494 e. The van der Waals surface area contributed by atoms with Crippen molar-refractivity contribution < 1.29 is 14.3 Å². The van der Waals surface area contributed by atoms with Gasteiger partial charge in [-0.15, -0.1) is 11.3 Å². The summed E-state index contributed by atoms with van der Waals surface area (Å²) in [5, 5.41) is 5.61. The first-order chi connectivity index (χ1) is 16.6. The Morgan fingerprint density at radius 3 is 2.38 bits per heavy atom. The largest absolute Gasteiger partial charge is 0.494 e. The molecule has 3 amide bonds. The number of likely N-dealkylation sites (tertiary alicyclic amines) is 2. The molecule has 1 N–H and O–H groups in total. The number of urea groups is 1. The first-order valence-corrected chi connectivity index (χ1v) is 13.6. The van der Waals surface area contributed by atoms with Crippen LogP contribution in [0.15, 0.2) is 35.7 Å². The monoisotopic (exact) mass is 498 g/mol. The number of nitrogens with one attached hydrogen (secondary N) is 1. The lowest BCUT2D eigenvalue weighted by atomic mass is 9.79. The molecule has 3 aromatic rings. The third kappa shape index (κ3) is 5.05. The number of amides is 3. The molecule has 7 nitrogen and oxygen atoms in total. The lowest BCUT2D eigenvalue weighted by molar-refractivity contribution is -0.132. The topological polar surface area (TPSA) is 74.8 Å². The van der Waals surface area contributed by atoms with E-state index in [0.29, 0.717) is 29.1 Å². The van der Waals surface area contributed by atoms with Crippen LogP contribution in [0.2, 0.25) is 0 Å². The van der Waals surface area contributed by atoms with Crippen molar-refractivity contribution in [1.82, 2.24) is 14.8 Å². The second-order valence-electron chi connectivity index (χ2n) is 9.06. The molecule has 9 heteroatoms. The van der Waals surface area contributed by atoms with Gasteiger partial charge in [-0.3, -0.25) is 10.1 Å². The van der Waals surface area contributed by atoms with Gasteiger partial charge >= 0.3 is 6.03 Å². The predicted molar refractivity (Wildman–Crippen MR) is 137 cm³/mol. The molecule has 2 fully saturated rings. The SMILES string of the molecule is COc1cccc2sc(NC(=O)N3CCC(C4CCN(C(=O)Cc5cccs5)CC4)CC3)nc12. The number of methoxy groups -OCH3 is 1. The molecule has 34 heavy (non-hydrogen) atoms. The van der Waals surface area contributed by atoms with Gasteiger partial charge in [-0.2, -0.15) is 0 Å². The van der Waals surface area contributed by atoms with Crippen LogP contribution in [-0.2, 0) is 11.2 Å². The summed E-state index contributed by atoms with van der Waals surface area (Å²) in [6.07, 6.45) is 4.71. The highest BCUT2D eigenvalue weighted by Gasteiger charge is 2.32. The third-order valence-corrected chi connectivity index (χ3v) is 8.92. The van der Waals surface area contributed by atoms with Gasteiger partial charge in [0.05, 0.1) is 18.2 Å². The summed E-state index contributed by atoms with van der Waals surface area (Å²) in [4.78, 5) is 35.0. The molecule has 2 aliphatic heterocycles. The fourth-order valence-electron chi connectivity index (χ4n) is 5.18. The van der Waals surface area contributed by atoms with Gasteiger partial charge in [-0.05, 0) is 61.1 Å². The van der Waals surface area contributed by atoms with E-state index in [-0.39, 0.29) is 11.9 Å². The van der Waals surface area contributed by atoms with Gasteiger partial charge in [0.15, 0.2) is 5.13 Å². The Bertz CT molecular complexity index is 1130. The molecule has 5 rings (SSSR count). The Hall–Kier alpha value is -2.65. The number of hydrogen-bond acceptors (Lipinski definition) is 6. The number of aromatic nitrogens is 1. The van der Waals surface area contributed by atoms with Crippen molar-refractivity contribution in [3.63, 3.8) is 0 Å². The number of para-hydroxylation sites is 1. The Morgan fingerprint density at radius 2 is 1.74 bits per heavy atom. The number of carbonyl (C=O) groups excluding carboxylic acids is 2. The van der Waals surface area contributed by atoms with Crippen molar-refractivity contribution >= 4 is 50.0 Å². The number of carbonyl (C=O) groups is 2. The summed E-state index contributed by atoms with van der Waals surface area (Å²) in [6, 6.07) is 9.75. The fourth-order valence-corrected chi connectivity index (χ4v) is 6.75. The summed E-state index contributed by atoms with van der Waals surface area (Å²) >= 11 is 3.11. The van der Waals surface area contributed by atoms with Crippen LogP contribution >= 0.6 is 22.7 Å². The number of nitrogens with zero attached hydrogens (tertiary/aromatic N) is 3. The molecule has 180 valence electrons. The van der Waals surface area contributed by atoms with Gasteiger partial charge in [-0.1, -0.05) is 23.5 Å². The molecule has 0 aliphatic carbocycles. The first-order valence-electron chi connectivity index (χ1n) is 11.9. The lowest BCUT2D eigenvalue weighted by Crippen LogP contribution is -2.45. The summed E-state index contributed by atoms with van der Waals surface area (Å²) in [5.41, 5.74) is 0.782. The van der Waals surface area contributed by atoms with Gasteiger partial charge in [0.25, 0.3) is 0 Å². The Kier molecular flexibility index (Phi) is 7.01. The molecule has 2 aliphatic rings. The number of thiazole rings is 1. The van der Waals surface area contributed by atoms with Crippen LogP contribution in [0.1, 0.15) is 30.6 Å². The number of fused-ring (bicyclic) bond motifs is 1. The van der Waals surface area contributed by atoms with Crippen molar-refractivity contribution in [3.8, 4) is 5.75 Å². The van der Waals surface area contributed by atoms with E-state index in [1.54, 1.807) is 18.4 Å². The second-order valence-corrected chi connectivity index (χ2v) is 11.1. The van der Waals surface area contributed by atoms with Crippen LogP contribution in [0.5, 0.6) is 5.75 Å². The van der Waals surface area contributed by atoms with E-state index in [4.69, 9.17) is 4.74 Å². The van der Waals surface area contributed by atoms with E-state index in [0.717, 1.165) is 67.0 Å². The van der Waals surface area contributed by atoms with E-state index in [1.807, 2.05) is 45.5 Å². The zero-order valence-electron chi connectivity index (χ0n) is 19.4. The quantitative estimate of drug-likeness (QED) is 0.532. The normalized spacial score (nSPS) is 17.8. The highest BCUT2D eigenvalue weighted by atomic mass is 32.1. The summed E-state index contributed by atoms with van der Waals surface area (Å²) in [6.45, 7) is 3.25. The van der Waals surface area contributed by atoms with Crippen LogP contribution in [0.3, 0.4) is 0 Å². The average Bonchev–Trinajstić information content (AvgIpc) is 3.53. The maximum absolute atomic E-state index is 12.8. The van der Waals surface area contributed by atoms with Gasteiger partial charge in [0.2, 0.25) is 5.91 Å². The van der Waals surface area contributed by atoms with Crippen LogP contribution in [-0.4, -0.2) is 60.0 Å². The standard InChI is InChI=1S/C25H30N4O3S2/c1-32-20-5-2-6-21-23(20)26-24(34-21)27-25(31)29-13-9-18(10-14-29)17-7-11-28(12-8-17)22(30)16-19-4-3-15-33-19/h2-6,15,17-18H,7-14,16H2,1H3,(H,26,27,31). The Labute approximate surface area is 207 Å². The minimum absolute atomic E-state index is 0.0783. The van der Waals surface area contributed by atoms with Crippen molar-refractivity contribution in [3.05, 3.63) is 40.6 Å². The molecule has 0 bridgehead atoms. The summed E-state index contributed by atoms with van der Waals surface area (Å²) in [5.74, 6) is 2.24. The van der Waals surface area contributed by atoms with Crippen LogP contribution in [0.4, 0.5) is 9.93 Å². The summed E-state index contributed by atoms with van der Waals surface area (Å²) in [7, 11) is 1.63. The third-order valence-electron chi connectivity index (χ3n) is 7.11. The number of hydrogen-bond donors (Lipinski definition) is 1. The molecule has 0 atom stereocenters. The molecule has 0 unspecified atom stereocenters. The second kappa shape index (κ2) is 10.3. The van der Waals surface area contributed by atoms with E-state index >= 15 is 0 Å². The van der Waals surface area contributed by atoms with Gasteiger partial charge in [0, 0.05) is 31.1 Å². The predicted octanol–water partition coefficient (Wildman–Crippen LogP) is 5.09. The number of piperidine rings is 2. The van der Waals surface area contributed by atoms with Gasteiger partial charge < -0.3 is 14.5 Å². The number of rotatable bonds is 5. The Balaban J connectivity index is 1.08. The lowest BCUT2D eigenvalue weighted by Gasteiger charge is -2.40. The smallest absolute Gasteiger partial charge is 0.323 e. The molecular weight excluding hydrogens is 468 g/mol. The molecule has 4 heterocycles. The van der Waals surface area contributed by atoms with Gasteiger partial charge in [0.1, 0.15) is 11.3 Å². The minimum atomic E-state index is -0.0783. The fraction of sp³-hybridized carbons (Fsp3) is 0.480. The molecular formula is C25H30N4O3S2. The van der Waals surface area contributed by atoms with Crippen molar-refractivity contribution in [2.75, 3.05) is 38.6 Å². The van der Waals surface area contributed by atoms with E-state index in [9.17, 15) is 9.59 Å². The zero-order chi connectivity index (χ0) is 23.5. The van der Waals surface area contributed by atoms with Crippen LogP contribution in [0, 0.1) is 11.8 Å². The van der Waals surface area contributed by atoms with Gasteiger partial charge in [-0.25, -0.2) is 9.78 Å². The maximum atomic E-state index is 12.8. The molecule has 0 saturated carbocycles. The number of anilines is 1. The maximum Gasteiger partial charge on any atom is 0.323 e. The van der Waals surface area contributed by atoms with Crippen LogP contribution < -0.4 is 10.1 Å². The van der Waals surface area contributed by atoms with Crippen molar-refractivity contribution in [2.45, 2.75) is 32.1 Å². The number of ether oxygens (including phenoxy) is 1. The van der Waals surface area contributed by atoms with Crippen molar-refractivity contribution in [2.24, 2.45) is 11.8 Å². The molecule has 0 radical (unpaired) electrons. The summed E-state index contributed by atoms with van der Waals surface area (Å²) < 4.78 is 6.37. The number of thiophene rings is 1. The van der Waals surface area contributed by atoms with Crippen LogP contribution in [0.25, 0.3) is 10.2 Å². The van der Waals surface area contributed by atoms with E-state index in [1.165, 1.54) is 11.3 Å². The molecule has 2 saturated heterocycles. The first kappa shape index (κ1) is 23.1. The highest BCUT2D eigenvalue weighted by Crippen LogP contribution is 2.34. The molecule has 1 aromatic carbocycles. The average molecular weight is 499 g/mol. The number of benzene rings is 1. The Morgan fingerprint density at radius 1 is 1.03 bits per heavy atom. The van der Waals surface area contributed by atoms with E-state index < -0.39 is 0 Å². The van der Waals surface area contributed by atoms with E-state index in [2.05, 4.69) is 10.3 Å². The highest BCUT2D eigenvalue weighted by molar-refractivity contribution is 7.22. The zero-order valence-corrected chi connectivity index (χ0v) is 21.0. The molecule has 0 spiro atoms.